The highest BCUT2D eigenvalue weighted by molar-refractivity contribution is 5.93. The number of amides is 1. The number of carbonyl (C=O) groups excluding carboxylic acids is 1. The third-order valence-corrected chi connectivity index (χ3v) is 6.04. The molecule has 5 nitrogen and oxygen atoms in total. The molecule has 1 unspecified atom stereocenters. The minimum Gasteiger partial charge on any atom is -0.497 e. The van der Waals surface area contributed by atoms with Gasteiger partial charge in [0, 0.05) is 23.4 Å². The quantitative estimate of drug-likeness (QED) is 0.542. The van der Waals surface area contributed by atoms with Gasteiger partial charge in [0.05, 0.1) is 20.8 Å². The Morgan fingerprint density at radius 1 is 1.00 bits per heavy atom. The SMILES string of the molecule is COc1ccc(C2CCCN2CC(=O)Nc2ccccc2Cc2ccccc2)c(OC)c1. The molecule has 1 heterocycles. The molecule has 1 saturated heterocycles. The van der Waals surface area contributed by atoms with Crippen molar-refractivity contribution in [2.45, 2.75) is 25.3 Å². The summed E-state index contributed by atoms with van der Waals surface area (Å²) in [5, 5.41) is 3.14. The summed E-state index contributed by atoms with van der Waals surface area (Å²) in [6, 6.07) is 24.4. The Kier molecular flexibility index (Phi) is 7.07. The van der Waals surface area contributed by atoms with Crippen molar-refractivity contribution >= 4 is 11.6 Å². The number of para-hydroxylation sites is 1. The second-order valence-corrected chi connectivity index (χ2v) is 8.10. The van der Waals surface area contributed by atoms with Crippen LogP contribution in [0.5, 0.6) is 11.5 Å². The first kappa shape index (κ1) is 21.9. The first-order valence-electron chi connectivity index (χ1n) is 11.1. The number of rotatable bonds is 8. The van der Waals surface area contributed by atoms with Crippen LogP contribution < -0.4 is 14.8 Å². The molecule has 1 atom stereocenters. The number of likely N-dealkylation sites (tertiary alicyclic amines) is 1. The number of nitrogens with zero attached hydrogens (tertiary/aromatic N) is 1. The van der Waals surface area contributed by atoms with Gasteiger partial charge in [0.25, 0.3) is 0 Å². The average molecular weight is 431 g/mol. The highest BCUT2D eigenvalue weighted by Crippen LogP contribution is 2.38. The van der Waals surface area contributed by atoms with Crippen LogP contribution in [-0.2, 0) is 11.2 Å². The lowest BCUT2D eigenvalue weighted by Crippen LogP contribution is -2.33. The summed E-state index contributed by atoms with van der Waals surface area (Å²) < 4.78 is 10.9. The van der Waals surface area contributed by atoms with E-state index in [1.165, 1.54) is 5.56 Å². The van der Waals surface area contributed by atoms with E-state index < -0.39 is 0 Å². The van der Waals surface area contributed by atoms with E-state index >= 15 is 0 Å². The molecule has 0 saturated carbocycles. The molecular formula is C27H30N2O3. The Balaban J connectivity index is 1.46. The summed E-state index contributed by atoms with van der Waals surface area (Å²) in [6.45, 7) is 1.23. The van der Waals surface area contributed by atoms with Crippen molar-refractivity contribution in [3.8, 4) is 11.5 Å². The predicted molar refractivity (Wildman–Crippen MR) is 127 cm³/mol. The molecule has 166 valence electrons. The van der Waals surface area contributed by atoms with Crippen LogP contribution in [0, 0.1) is 0 Å². The van der Waals surface area contributed by atoms with E-state index in [2.05, 4.69) is 28.4 Å². The van der Waals surface area contributed by atoms with Crippen LogP contribution in [0.1, 0.15) is 35.6 Å². The van der Waals surface area contributed by atoms with E-state index in [-0.39, 0.29) is 11.9 Å². The van der Waals surface area contributed by atoms with E-state index in [1.54, 1.807) is 14.2 Å². The molecule has 1 aliphatic heterocycles. The highest BCUT2D eigenvalue weighted by Gasteiger charge is 2.30. The van der Waals surface area contributed by atoms with Gasteiger partial charge < -0.3 is 14.8 Å². The fraction of sp³-hybridized carbons (Fsp3) is 0.296. The van der Waals surface area contributed by atoms with E-state index in [9.17, 15) is 4.79 Å². The summed E-state index contributed by atoms with van der Waals surface area (Å²) in [6.07, 6.45) is 2.84. The Hall–Kier alpha value is -3.31. The maximum Gasteiger partial charge on any atom is 0.238 e. The third-order valence-electron chi connectivity index (χ3n) is 6.04. The largest absolute Gasteiger partial charge is 0.497 e. The molecule has 32 heavy (non-hydrogen) atoms. The zero-order chi connectivity index (χ0) is 22.3. The summed E-state index contributed by atoms with van der Waals surface area (Å²) in [7, 11) is 3.32. The number of carbonyl (C=O) groups is 1. The summed E-state index contributed by atoms with van der Waals surface area (Å²) in [5.41, 5.74) is 4.31. The lowest BCUT2D eigenvalue weighted by molar-refractivity contribution is -0.117. The maximum absolute atomic E-state index is 13.0. The Bertz CT molecular complexity index is 1050. The maximum atomic E-state index is 13.0. The van der Waals surface area contributed by atoms with Crippen molar-refractivity contribution in [3.05, 3.63) is 89.5 Å². The molecule has 3 aromatic rings. The molecule has 0 bridgehead atoms. The summed E-state index contributed by atoms with van der Waals surface area (Å²) in [5.74, 6) is 1.57. The second kappa shape index (κ2) is 10.3. The monoisotopic (exact) mass is 430 g/mol. The third kappa shape index (κ3) is 5.11. The zero-order valence-electron chi connectivity index (χ0n) is 18.7. The van der Waals surface area contributed by atoms with Crippen LogP contribution in [0.15, 0.2) is 72.8 Å². The van der Waals surface area contributed by atoms with Crippen LogP contribution in [0.3, 0.4) is 0 Å². The van der Waals surface area contributed by atoms with Crippen molar-refractivity contribution in [2.24, 2.45) is 0 Å². The van der Waals surface area contributed by atoms with Gasteiger partial charge in [0.1, 0.15) is 11.5 Å². The highest BCUT2D eigenvalue weighted by atomic mass is 16.5. The smallest absolute Gasteiger partial charge is 0.238 e. The van der Waals surface area contributed by atoms with Gasteiger partial charge in [-0.15, -0.1) is 0 Å². The van der Waals surface area contributed by atoms with Crippen LogP contribution >= 0.6 is 0 Å². The summed E-state index contributed by atoms with van der Waals surface area (Å²) in [4.78, 5) is 15.2. The van der Waals surface area contributed by atoms with E-state index in [1.807, 2.05) is 54.6 Å². The number of methoxy groups -OCH3 is 2. The number of nitrogens with one attached hydrogen (secondary N) is 1. The average Bonchev–Trinajstić information content (AvgIpc) is 3.28. The van der Waals surface area contributed by atoms with Crippen molar-refractivity contribution in [3.63, 3.8) is 0 Å². The molecule has 4 rings (SSSR count). The van der Waals surface area contributed by atoms with Gasteiger partial charge in [0.15, 0.2) is 0 Å². The van der Waals surface area contributed by atoms with Crippen molar-refractivity contribution in [1.29, 1.82) is 0 Å². The summed E-state index contributed by atoms with van der Waals surface area (Å²) >= 11 is 0. The van der Waals surface area contributed by atoms with Gasteiger partial charge in [-0.25, -0.2) is 0 Å². The molecule has 0 spiro atoms. The van der Waals surface area contributed by atoms with Gasteiger partial charge in [-0.3, -0.25) is 9.69 Å². The zero-order valence-corrected chi connectivity index (χ0v) is 18.7. The lowest BCUT2D eigenvalue weighted by Gasteiger charge is -2.26. The number of anilines is 1. The standard InChI is InChI=1S/C27H30N2O3/c1-31-22-14-15-23(26(18-22)32-2)25-13-8-16-29(25)19-27(30)28-24-12-7-6-11-21(24)17-20-9-4-3-5-10-20/h3-7,9-12,14-15,18,25H,8,13,16-17,19H2,1-2H3,(H,28,30). The Morgan fingerprint density at radius 2 is 1.78 bits per heavy atom. The second-order valence-electron chi connectivity index (χ2n) is 8.10. The molecule has 1 N–H and O–H groups in total. The topological polar surface area (TPSA) is 50.8 Å². The van der Waals surface area contributed by atoms with Crippen molar-refractivity contribution in [2.75, 3.05) is 32.6 Å². The van der Waals surface area contributed by atoms with E-state index in [0.717, 1.165) is 54.1 Å². The van der Waals surface area contributed by atoms with Crippen molar-refractivity contribution in [1.82, 2.24) is 4.90 Å². The predicted octanol–water partition coefficient (Wildman–Crippen LogP) is 5.07. The fourth-order valence-corrected chi connectivity index (χ4v) is 4.45. The molecule has 5 heteroatoms. The van der Waals surface area contributed by atoms with Gasteiger partial charge >= 0.3 is 0 Å². The molecule has 3 aromatic carbocycles. The number of ether oxygens (including phenoxy) is 2. The normalized spacial score (nSPS) is 16.0. The molecule has 1 amide bonds. The molecule has 0 aliphatic carbocycles. The minimum absolute atomic E-state index is 0.00453. The molecule has 1 fully saturated rings. The van der Waals surface area contributed by atoms with Crippen LogP contribution in [0.2, 0.25) is 0 Å². The van der Waals surface area contributed by atoms with Crippen LogP contribution in [0.25, 0.3) is 0 Å². The number of benzene rings is 3. The molecular weight excluding hydrogens is 400 g/mol. The molecule has 0 radical (unpaired) electrons. The minimum atomic E-state index is 0.00453. The van der Waals surface area contributed by atoms with Gasteiger partial charge in [-0.1, -0.05) is 54.6 Å². The number of hydrogen-bond donors (Lipinski definition) is 1. The van der Waals surface area contributed by atoms with Gasteiger partial charge in [-0.2, -0.15) is 0 Å². The number of hydrogen-bond acceptors (Lipinski definition) is 4. The molecule has 1 aliphatic rings. The van der Waals surface area contributed by atoms with Gasteiger partial charge in [-0.05, 0) is 49.1 Å². The van der Waals surface area contributed by atoms with Gasteiger partial charge in [0.2, 0.25) is 5.91 Å². The first-order valence-corrected chi connectivity index (χ1v) is 11.1. The molecule has 0 aromatic heterocycles. The van der Waals surface area contributed by atoms with Crippen molar-refractivity contribution < 1.29 is 14.3 Å². The fourth-order valence-electron chi connectivity index (χ4n) is 4.45. The van der Waals surface area contributed by atoms with Crippen LogP contribution in [-0.4, -0.2) is 38.1 Å². The Morgan fingerprint density at radius 3 is 2.56 bits per heavy atom. The Labute approximate surface area is 190 Å². The first-order chi connectivity index (χ1) is 15.7. The van der Waals surface area contributed by atoms with E-state index in [4.69, 9.17) is 9.47 Å². The lowest BCUT2D eigenvalue weighted by atomic mass is 10.0. The van der Waals surface area contributed by atoms with E-state index in [0.29, 0.717) is 6.54 Å². The van der Waals surface area contributed by atoms with Crippen LogP contribution in [0.4, 0.5) is 5.69 Å².